The molecule has 0 aliphatic carbocycles. The van der Waals surface area contributed by atoms with Crippen LogP contribution in [0.4, 0.5) is 24.0 Å². The van der Waals surface area contributed by atoms with Gasteiger partial charge < -0.3 is 19.5 Å². The molecule has 0 radical (unpaired) electrons. The van der Waals surface area contributed by atoms with Crippen LogP contribution in [0.25, 0.3) is 0 Å². The zero-order chi connectivity index (χ0) is 27.7. The van der Waals surface area contributed by atoms with Crippen LogP contribution in [0.15, 0.2) is 40.7 Å². The van der Waals surface area contributed by atoms with E-state index in [0.29, 0.717) is 41.4 Å². The monoisotopic (exact) mass is 570 g/mol. The van der Waals surface area contributed by atoms with Crippen molar-refractivity contribution in [1.82, 2.24) is 10.2 Å². The average molecular weight is 571 g/mol. The molecule has 0 spiro atoms. The maximum absolute atomic E-state index is 12.9. The molecule has 0 aliphatic rings. The van der Waals surface area contributed by atoms with Gasteiger partial charge in [-0.25, -0.2) is 0 Å². The molecular formula is C24H25F3N4O5S2. The summed E-state index contributed by atoms with van der Waals surface area (Å²) in [5, 5.41) is 13.1. The van der Waals surface area contributed by atoms with Crippen LogP contribution in [-0.2, 0) is 11.0 Å². The minimum atomic E-state index is -4.51. The Morgan fingerprint density at radius 3 is 2.21 bits per heavy atom. The van der Waals surface area contributed by atoms with Crippen LogP contribution >= 0.6 is 23.1 Å². The van der Waals surface area contributed by atoms with Gasteiger partial charge in [-0.05, 0) is 51.1 Å². The van der Waals surface area contributed by atoms with Crippen molar-refractivity contribution < 1.29 is 37.0 Å². The van der Waals surface area contributed by atoms with Gasteiger partial charge >= 0.3 is 6.18 Å². The van der Waals surface area contributed by atoms with Gasteiger partial charge in [0.1, 0.15) is 0 Å². The Kier molecular flexibility index (Phi) is 10.2. The van der Waals surface area contributed by atoms with E-state index in [9.17, 15) is 22.8 Å². The fraction of sp³-hybridized carbons (Fsp3) is 0.333. The first-order chi connectivity index (χ1) is 18.1. The van der Waals surface area contributed by atoms with Crippen LogP contribution in [0, 0.1) is 0 Å². The summed E-state index contributed by atoms with van der Waals surface area (Å²) in [6, 6.07) is 7.44. The predicted octanol–water partition coefficient (Wildman–Crippen LogP) is 5.74. The highest BCUT2D eigenvalue weighted by atomic mass is 32.2. The van der Waals surface area contributed by atoms with Crippen molar-refractivity contribution in [3.8, 4) is 17.2 Å². The van der Waals surface area contributed by atoms with Crippen molar-refractivity contribution in [2.75, 3.05) is 36.2 Å². The maximum Gasteiger partial charge on any atom is 0.416 e. The molecule has 0 fully saturated rings. The molecular weight excluding hydrogens is 545 g/mol. The molecule has 3 aromatic rings. The number of thioether (sulfide) groups is 1. The fourth-order valence-corrected chi connectivity index (χ4v) is 4.65. The Bertz CT molecular complexity index is 1240. The number of carbonyl (C=O) groups is 2. The molecule has 2 N–H and O–H groups in total. The van der Waals surface area contributed by atoms with Crippen molar-refractivity contribution in [2.45, 2.75) is 31.3 Å². The molecule has 0 bridgehead atoms. The van der Waals surface area contributed by atoms with Crippen LogP contribution < -0.4 is 24.8 Å². The summed E-state index contributed by atoms with van der Waals surface area (Å²) in [6.45, 7) is 6.54. The normalized spacial score (nSPS) is 11.1. The summed E-state index contributed by atoms with van der Waals surface area (Å²) >= 11 is 2.07. The highest BCUT2D eigenvalue weighted by molar-refractivity contribution is 8.01. The van der Waals surface area contributed by atoms with E-state index in [1.165, 1.54) is 12.1 Å². The first-order valence-corrected chi connectivity index (χ1v) is 13.3. The number of rotatable bonds is 12. The third-order valence-corrected chi connectivity index (χ3v) is 6.57. The van der Waals surface area contributed by atoms with Gasteiger partial charge in [-0.2, -0.15) is 13.2 Å². The summed E-state index contributed by atoms with van der Waals surface area (Å²) in [5.41, 5.74) is -0.573. The Morgan fingerprint density at radius 2 is 1.61 bits per heavy atom. The molecule has 0 saturated carbocycles. The summed E-state index contributed by atoms with van der Waals surface area (Å²) < 4.78 is 55.9. The molecule has 14 heteroatoms. The zero-order valence-electron chi connectivity index (χ0n) is 20.7. The van der Waals surface area contributed by atoms with Gasteiger partial charge in [0.05, 0.1) is 31.1 Å². The largest absolute Gasteiger partial charge is 0.490 e. The van der Waals surface area contributed by atoms with E-state index < -0.39 is 23.6 Å². The zero-order valence-corrected chi connectivity index (χ0v) is 22.3. The van der Waals surface area contributed by atoms with E-state index in [1.54, 1.807) is 12.1 Å². The summed E-state index contributed by atoms with van der Waals surface area (Å²) in [4.78, 5) is 25.1. The lowest BCUT2D eigenvalue weighted by atomic mass is 10.1. The molecule has 1 heterocycles. The van der Waals surface area contributed by atoms with E-state index in [2.05, 4.69) is 20.8 Å². The number of anilines is 2. The highest BCUT2D eigenvalue weighted by Gasteiger charge is 2.30. The molecule has 0 atom stereocenters. The minimum absolute atomic E-state index is 0.0313. The first-order valence-electron chi connectivity index (χ1n) is 11.5. The number of nitrogens with one attached hydrogen (secondary N) is 2. The third-order valence-electron chi connectivity index (χ3n) is 4.60. The molecule has 38 heavy (non-hydrogen) atoms. The van der Waals surface area contributed by atoms with E-state index >= 15 is 0 Å². The van der Waals surface area contributed by atoms with Crippen LogP contribution in [-0.4, -0.2) is 47.6 Å². The molecule has 1 aromatic heterocycles. The van der Waals surface area contributed by atoms with Crippen molar-refractivity contribution in [1.29, 1.82) is 0 Å². The smallest absolute Gasteiger partial charge is 0.416 e. The van der Waals surface area contributed by atoms with E-state index in [4.69, 9.17) is 14.2 Å². The number of hydrogen-bond acceptors (Lipinski definition) is 9. The number of hydrogen-bond donors (Lipinski definition) is 2. The van der Waals surface area contributed by atoms with E-state index in [1.807, 2.05) is 20.8 Å². The van der Waals surface area contributed by atoms with Gasteiger partial charge in [0, 0.05) is 11.3 Å². The first kappa shape index (κ1) is 29.0. The minimum Gasteiger partial charge on any atom is -0.490 e. The topological polar surface area (TPSA) is 112 Å². The van der Waals surface area contributed by atoms with Crippen molar-refractivity contribution in [2.24, 2.45) is 0 Å². The van der Waals surface area contributed by atoms with Crippen LogP contribution in [0.5, 0.6) is 17.2 Å². The molecule has 9 nitrogen and oxygen atoms in total. The summed E-state index contributed by atoms with van der Waals surface area (Å²) in [5.74, 6) is 0.0243. The number of halogens is 3. The number of benzene rings is 2. The Labute approximate surface area is 225 Å². The van der Waals surface area contributed by atoms with Crippen LogP contribution in [0.3, 0.4) is 0 Å². The maximum atomic E-state index is 12.9. The second kappa shape index (κ2) is 13.3. The van der Waals surface area contributed by atoms with Crippen molar-refractivity contribution in [3.05, 3.63) is 47.5 Å². The molecule has 0 aliphatic heterocycles. The lowest BCUT2D eigenvalue weighted by Gasteiger charge is -2.16. The third kappa shape index (κ3) is 7.99. The van der Waals surface area contributed by atoms with Crippen LogP contribution in [0.2, 0.25) is 0 Å². The lowest BCUT2D eigenvalue weighted by Crippen LogP contribution is -2.15. The lowest BCUT2D eigenvalue weighted by molar-refractivity contribution is -0.137. The second-order valence-corrected chi connectivity index (χ2v) is 9.54. The number of amides is 2. The number of nitrogens with zero attached hydrogens (tertiary/aromatic N) is 2. The molecule has 0 unspecified atom stereocenters. The van der Waals surface area contributed by atoms with E-state index in [0.717, 1.165) is 35.2 Å². The molecule has 2 amide bonds. The molecule has 3 rings (SSSR count). The van der Waals surface area contributed by atoms with Crippen LogP contribution in [0.1, 0.15) is 36.7 Å². The molecule has 0 saturated heterocycles. The van der Waals surface area contributed by atoms with Crippen molar-refractivity contribution >= 4 is 45.7 Å². The predicted molar refractivity (Wildman–Crippen MR) is 139 cm³/mol. The van der Waals surface area contributed by atoms with Crippen molar-refractivity contribution in [3.63, 3.8) is 0 Å². The van der Waals surface area contributed by atoms with Gasteiger partial charge in [0.2, 0.25) is 16.8 Å². The number of ether oxygens (including phenoxy) is 3. The van der Waals surface area contributed by atoms with Gasteiger partial charge in [-0.3, -0.25) is 14.9 Å². The Hall–Kier alpha value is -3.52. The standard InChI is InChI=1S/C24H25F3N4O5S2/c1-4-34-17-10-14(11-18(35-5-2)20(17)36-6-3)21(33)29-22-30-31-23(38-22)37-13-19(32)28-16-9-7-8-15(12-16)24(25,26)27/h7-12H,4-6,13H2,1-3H3,(H,28,32)(H,29,30,33). The van der Waals surface area contributed by atoms with Gasteiger partial charge in [0.25, 0.3) is 5.91 Å². The Balaban J connectivity index is 1.63. The summed E-state index contributed by atoms with van der Waals surface area (Å²) in [7, 11) is 0. The number of carbonyl (C=O) groups excluding carboxylic acids is 2. The van der Waals surface area contributed by atoms with E-state index in [-0.39, 0.29) is 22.1 Å². The summed E-state index contributed by atoms with van der Waals surface area (Å²) in [6.07, 6.45) is -4.51. The number of aromatic nitrogens is 2. The molecule has 2 aromatic carbocycles. The van der Waals surface area contributed by atoms with Gasteiger partial charge in [-0.1, -0.05) is 29.2 Å². The Morgan fingerprint density at radius 1 is 0.947 bits per heavy atom. The molecule has 204 valence electrons. The quantitative estimate of drug-likeness (QED) is 0.210. The number of alkyl halides is 3. The average Bonchev–Trinajstić information content (AvgIpc) is 3.31. The highest BCUT2D eigenvalue weighted by Crippen LogP contribution is 2.39. The SMILES string of the molecule is CCOc1cc(C(=O)Nc2nnc(SCC(=O)Nc3cccc(C(F)(F)F)c3)s2)cc(OCC)c1OCC. The second-order valence-electron chi connectivity index (χ2n) is 7.34. The van der Waals surface area contributed by atoms with Gasteiger partial charge in [0.15, 0.2) is 15.8 Å². The van der Waals surface area contributed by atoms with Gasteiger partial charge in [-0.15, -0.1) is 10.2 Å². The fourth-order valence-electron chi connectivity index (χ4n) is 3.11.